The molecule has 1 atom stereocenters. The van der Waals surface area contributed by atoms with Gasteiger partial charge >= 0.3 is 0 Å². The molecule has 106 valence electrons. The fraction of sp³-hybridized carbons (Fsp3) is 0.600. The minimum atomic E-state index is 0.245. The monoisotopic (exact) mass is 317 g/mol. The Morgan fingerprint density at radius 1 is 1.32 bits per heavy atom. The number of rotatable bonds is 5. The molecule has 0 bridgehead atoms. The molecule has 0 saturated carbocycles. The summed E-state index contributed by atoms with van der Waals surface area (Å²) in [4.78, 5) is 0. The molecule has 0 fully saturated rings. The van der Waals surface area contributed by atoms with Gasteiger partial charge in [-0.25, -0.2) is 0 Å². The number of hydrogen-bond donors (Lipinski definition) is 1. The van der Waals surface area contributed by atoms with Crippen molar-refractivity contribution < 1.29 is 0 Å². The zero-order valence-corrected chi connectivity index (χ0v) is 13.7. The van der Waals surface area contributed by atoms with E-state index in [1.807, 2.05) is 6.07 Å². The molecule has 0 amide bonds. The van der Waals surface area contributed by atoms with Crippen LogP contribution in [0.4, 0.5) is 0 Å². The summed E-state index contributed by atoms with van der Waals surface area (Å²) in [6, 6.07) is 2.27. The van der Waals surface area contributed by atoms with Crippen molar-refractivity contribution in [1.82, 2.24) is 5.32 Å². The highest BCUT2D eigenvalue weighted by atomic mass is 35.5. The molecule has 0 saturated heterocycles. The molecule has 1 aromatic heterocycles. The van der Waals surface area contributed by atoms with Crippen molar-refractivity contribution in [2.75, 3.05) is 6.54 Å². The Hall–Kier alpha value is -0.0200. The van der Waals surface area contributed by atoms with Gasteiger partial charge in [0.05, 0.1) is 14.7 Å². The second-order valence-corrected chi connectivity index (χ2v) is 7.33. The minimum absolute atomic E-state index is 0.245. The number of halogens is 2. The molecule has 0 spiro atoms. The van der Waals surface area contributed by atoms with Gasteiger partial charge in [-0.1, -0.05) is 48.2 Å². The summed E-state index contributed by atoms with van der Waals surface area (Å²) in [5.41, 5.74) is 2.64. The molecule has 1 aliphatic carbocycles. The molecule has 1 heterocycles. The van der Waals surface area contributed by atoms with Crippen molar-refractivity contribution >= 4 is 34.5 Å². The molecule has 1 aliphatic rings. The van der Waals surface area contributed by atoms with E-state index in [-0.39, 0.29) is 6.04 Å². The summed E-state index contributed by atoms with van der Waals surface area (Å²) >= 11 is 13.9. The van der Waals surface area contributed by atoms with Gasteiger partial charge in [0, 0.05) is 5.56 Å². The van der Waals surface area contributed by atoms with E-state index in [9.17, 15) is 0 Å². The largest absolute Gasteiger partial charge is 0.306 e. The molecule has 19 heavy (non-hydrogen) atoms. The van der Waals surface area contributed by atoms with Crippen LogP contribution in [0.2, 0.25) is 8.67 Å². The molecule has 1 aromatic rings. The van der Waals surface area contributed by atoms with Gasteiger partial charge in [0.1, 0.15) is 0 Å². The lowest BCUT2D eigenvalue weighted by Crippen LogP contribution is -2.23. The first-order chi connectivity index (χ1) is 9.22. The molecular formula is C15H21Cl2NS. The van der Waals surface area contributed by atoms with Gasteiger partial charge in [-0.3, -0.25) is 0 Å². The second kappa shape index (κ2) is 7.68. The third-order valence-corrected chi connectivity index (χ3v) is 5.06. The van der Waals surface area contributed by atoms with Crippen LogP contribution >= 0.6 is 34.5 Å². The van der Waals surface area contributed by atoms with E-state index in [0.717, 1.165) is 27.2 Å². The third kappa shape index (κ3) is 4.22. The van der Waals surface area contributed by atoms with Crippen molar-refractivity contribution in [1.29, 1.82) is 0 Å². The van der Waals surface area contributed by atoms with Crippen LogP contribution in [0.5, 0.6) is 0 Å². The molecule has 0 aromatic carbocycles. The van der Waals surface area contributed by atoms with Crippen molar-refractivity contribution in [2.24, 2.45) is 0 Å². The van der Waals surface area contributed by atoms with E-state index >= 15 is 0 Å². The lowest BCUT2D eigenvalue weighted by Gasteiger charge is -2.21. The average Bonchev–Trinajstić information content (AvgIpc) is 2.60. The summed E-state index contributed by atoms with van der Waals surface area (Å²) in [6.07, 6.45) is 9.81. The van der Waals surface area contributed by atoms with Gasteiger partial charge in [0.15, 0.2) is 0 Å². The maximum Gasteiger partial charge on any atom is 0.0995 e. The van der Waals surface area contributed by atoms with Gasteiger partial charge < -0.3 is 5.32 Å². The molecule has 1 unspecified atom stereocenters. The zero-order chi connectivity index (χ0) is 13.7. The van der Waals surface area contributed by atoms with E-state index in [1.165, 1.54) is 49.0 Å². The summed E-state index contributed by atoms with van der Waals surface area (Å²) in [5.74, 6) is 0. The Morgan fingerprint density at radius 3 is 2.84 bits per heavy atom. The number of hydrogen-bond acceptors (Lipinski definition) is 2. The first-order valence-corrected chi connectivity index (χ1v) is 8.66. The molecule has 1 N–H and O–H groups in total. The van der Waals surface area contributed by atoms with Gasteiger partial charge in [0.25, 0.3) is 0 Å². The number of nitrogens with one attached hydrogen (secondary N) is 1. The van der Waals surface area contributed by atoms with E-state index in [2.05, 4.69) is 18.3 Å². The SMILES string of the molecule is CCCNC(C1=CCCCCC1)c1cc(Cl)sc1Cl. The van der Waals surface area contributed by atoms with E-state index in [4.69, 9.17) is 23.2 Å². The Labute approximate surface area is 130 Å². The van der Waals surface area contributed by atoms with Crippen LogP contribution in [0.1, 0.15) is 57.1 Å². The highest BCUT2D eigenvalue weighted by Crippen LogP contribution is 2.39. The molecular weight excluding hydrogens is 297 g/mol. The van der Waals surface area contributed by atoms with Gasteiger partial charge in [-0.15, -0.1) is 11.3 Å². The molecule has 2 rings (SSSR count). The molecule has 4 heteroatoms. The Kier molecular flexibility index (Phi) is 6.21. The predicted molar refractivity (Wildman–Crippen MR) is 86.5 cm³/mol. The van der Waals surface area contributed by atoms with Crippen molar-refractivity contribution in [3.05, 3.63) is 32.0 Å². The first-order valence-electron chi connectivity index (χ1n) is 7.09. The van der Waals surface area contributed by atoms with Crippen LogP contribution in [-0.4, -0.2) is 6.54 Å². The van der Waals surface area contributed by atoms with E-state index < -0.39 is 0 Å². The molecule has 0 aliphatic heterocycles. The summed E-state index contributed by atoms with van der Waals surface area (Å²) < 4.78 is 1.60. The maximum absolute atomic E-state index is 6.35. The van der Waals surface area contributed by atoms with E-state index in [0.29, 0.717) is 0 Å². The zero-order valence-electron chi connectivity index (χ0n) is 11.3. The van der Waals surface area contributed by atoms with Crippen molar-refractivity contribution in [3.63, 3.8) is 0 Å². The van der Waals surface area contributed by atoms with Crippen LogP contribution in [0.3, 0.4) is 0 Å². The first kappa shape index (κ1) is 15.4. The van der Waals surface area contributed by atoms with Crippen LogP contribution in [-0.2, 0) is 0 Å². The lowest BCUT2D eigenvalue weighted by atomic mass is 9.97. The Morgan fingerprint density at radius 2 is 2.16 bits per heavy atom. The fourth-order valence-electron chi connectivity index (χ4n) is 2.58. The van der Waals surface area contributed by atoms with Crippen LogP contribution in [0, 0.1) is 0 Å². The predicted octanol–water partition coefficient (Wildman–Crippen LogP) is 5.99. The highest BCUT2D eigenvalue weighted by Gasteiger charge is 2.21. The lowest BCUT2D eigenvalue weighted by molar-refractivity contribution is 0.568. The van der Waals surface area contributed by atoms with Gasteiger partial charge in [-0.05, 0) is 44.7 Å². The van der Waals surface area contributed by atoms with Gasteiger partial charge in [-0.2, -0.15) is 0 Å². The quantitative estimate of drug-likeness (QED) is 0.658. The number of allylic oxidation sites excluding steroid dienone is 1. The van der Waals surface area contributed by atoms with E-state index in [1.54, 1.807) is 0 Å². The highest BCUT2D eigenvalue weighted by molar-refractivity contribution is 7.20. The summed E-state index contributed by atoms with van der Waals surface area (Å²) in [7, 11) is 0. The normalized spacial score (nSPS) is 17.9. The number of thiophene rings is 1. The Balaban J connectivity index is 2.24. The second-order valence-electron chi connectivity index (χ2n) is 5.05. The fourth-order valence-corrected chi connectivity index (χ4v) is 4.11. The topological polar surface area (TPSA) is 12.0 Å². The third-order valence-electron chi connectivity index (χ3n) is 3.54. The summed E-state index contributed by atoms with van der Waals surface area (Å²) in [6.45, 7) is 3.19. The van der Waals surface area contributed by atoms with Crippen LogP contribution < -0.4 is 5.32 Å². The minimum Gasteiger partial charge on any atom is -0.306 e. The van der Waals surface area contributed by atoms with Crippen LogP contribution in [0.15, 0.2) is 17.7 Å². The average molecular weight is 318 g/mol. The smallest absolute Gasteiger partial charge is 0.0995 e. The van der Waals surface area contributed by atoms with Gasteiger partial charge in [0.2, 0.25) is 0 Å². The molecule has 1 nitrogen and oxygen atoms in total. The maximum atomic E-state index is 6.35. The van der Waals surface area contributed by atoms with Crippen LogP contribution in [0.25, 0.3) is 0 Å². The van der Waals surface area contributed by atoms with Crippen molar-refractivity contribution in [3.8, 4) is 0 Å². The molecule has 0 radical (unpaired) electrons. The summed E-state index contributed by atoms with van der Waals surface area (Å²) in [5, 5.41) is 3.63. The standard InChI is InChI=1S/C15H21Cl2NS/c1-2-9-18-14(11-7-5-3-4-6-8-11)12-10-13(16)19-15(12)17/h7,10,14,18H,2-6,8-9H2,1H3. The van der Waals surface area contributed by atoms with Crippen molar-refractivity contribution in [2.45, 2.75) is 51.5 Å². The Bertz CT molecular complexity index is 439.